The van der Waals surface area contributed by atoms with Crippen molar-refractivity contribution >= 4 is 15.8 Å². The molecule has 1 aromatic carbocycles. The Morgan fingerprint density at radius 3 is 2.63 bits per heavy atom. The molecule has 0 spiro atoms. The summed E-state index contributed by atoms with van der Waals surface area (Å²) in [6, 6.07) is 5.22. The van der Waals surface area contributed by atoms with E-state index in [9.17, 15) is 17.6 Å². The van der Waals surface area contributed by atoms with Crippen LogP contribution < -0.4 is 5.73 Å². The third kappa shape index (κ3) is 2.02. The summed E-state index contributed by atoms with van der Waals surface area (Å²) in [5.74, 6) is -3.05. The fourth-order valence-corrected chi connectivity index (χ4v) is 4.38. The number of carboxylic acids is 1. The zero-order chi connectivity index (χ0) is 14.4. The first-order chi connectivity index (χ1) is 8.75. The molecule has 1 aromatic rings. The van der Waals surface area contributed by atoms with Gasteiger partial charge in [0.05, 0.1) is 5.25 Å². The maximum Gasteiger partial charge on any atom is 0.325 e. The van der Waals surface area contributed by atoms with Gasteiger partial charge in [0.2, 0.25) is 0 Å². The smallest absolute Gasteiger partial charge is 0.325 e. The maximum atomic E-state index is 13.2. The van der Waals surface area contributed by atoms with Gasteiger partial charge in [0.15, 0.2) is 9.84 Å². The number of hydrogen-bond acceptors (Lipinski definition) is 4. The Kier molecular flexibility index (Phi) is 3.14. The van der Waals surface area contributed by atoms with E-state index in [0.717, 1.165) is 6.07 Å². The summed E-state index contributed by atoms with van der Waals surface area (Å²) in [7, 11) is -3.62. The molecule has 1 fully saturated rings. The van der Waals surface area contributed by atoms with Crippen molar-refractivity contribution in [1.82, 2.24) is 0 Å². The topological polar surface area (TPSA) is 97.5 Å². The highest BCUT2D eigenvalue weighted by Crippen LogP contribution is 2.54. The molecule has 0 bridgehead atoms. The molecule has 0 aliphatic heterocycles. The molecule has 104 valence electrons. The summed E-state index contributed by atoms with van der Waals surface area (Å²) in [4.78, 5) is 11.2. The fraction of sp³-hybridized carbons (Fsp3) is 0.417. The normalized spacial score (nSPS) is 30.1. The Bertz CT molecular complexity index is 630. The van der Waals surface area contributed by atoms with Gasteiger partial charge in [-0.15, -0.1) is 0 Å². The molecule has 1 aliphatic carbocycles. The predicted octanol–water partition coefficient (Wildman–Crippen LogP) is 0.508. The largest absolute Gasteiger partial charge is 0.480 e. The quantitative estimate of drug-likeness (QED) is 0.841. The number of carboxylic acid groups (broad SMARTS) is 1. The molecule has 5 nitrogen and oxygen atoms in total. The molecule has 2 rings (SSSR count). The Hall–Kier alpha value is -1.47. The molecule has 0 heterocycles. The van der Waals surface area contributed by atoms with Gasteiger partial charge in [-0.05, 0) is 17.7 Å². The number of hydrogen-bond donors (Lipinski definition) is 2. The molecule has 7 heteroatoms. The van der Waals surface area contributed by atoms with Gasteiger partial charge in [-0.3, -0.25) is 4.79 Å². The molecule has 1 aliphatic rings. The Labute approximate surface area is 110 Å². The first-order valence-electron chi connectivity index (χ1n) is 5.74. The van der Waals surface area contributed by atoms with Crippen molar-refractivity contribution in [2.45, 2.75) is 23.6 Å². The van der Waals surface area contributed by atoms with Gasteiger partial charge in [-0.1, -0.05) is 19.1 Å². The van der Waals surface area contributed by atoms with Crippen LogP contribution >= 0.6 is 0 Å². The number of carbonyl (C=O) groups is 1. The maximum absolute atomic E-state index is 13.2. The van der Waals surface area contributed by atoms with Crippen LogP contribution in [0.2, 0.25) is 0 Å². The van der Waals surface area contributed by atoms with Gasteiger partial charge in [0, 0.05) is 11.7 Å². The molecule has 0 aromatic heterocycles. The van der Waals surface area contributed by atoms with Crippen molar-refractivity contribution in [2.75, 3.05) is 5.75 Å². The molecule has 1 saturated carbocycles. The average Bonchev–Trinajstić information content (AvgIpc) is 2.98. The predicted molar refractivity (Wildman–Crippen MR) is 66.9 cm³/mol. The van der Waals surface area contributed by atoms with E-state index < -0.39 is 38.3 Å². The summed E-state index contributed by atoms with van der Waals surface area (Å²) in [5.41, 5.74) is 4.15. The minimum Gasteiger partial charge on any atom is -0.480 e. The minimum atomic E-state index is -3.62. The Morgan fingerprint density at radius 2 is 2.16 bits per heavy atom. The molecule has 19 heavy (non-hydrogen) atoms. The van der Waals surface area contributed by atoms with Crippen molar-refractivity contribution in [3.63, 3.8) is 0 Å². The third-order valence-electron chi connectivity index (χ3n) is 3.55. The summed E-state index contributed by atoms with van der Waals surface area (Å²) in [6.45, 7) is 1.43. The Balaban J connectivity index is 2.49. The van der Waals surface area contributed by atoms with Gasteiger partial charge >= 0.3 is 5.97 Å². The van der Waals surface area contributed by atoms with E-state index in [-0.39, 0.29) is 5.75 Å². The number of rotatable bonds is 4. The van der Waals surface area contributed by atoms with E-state index >= 15 is 0 Å². The van der Waals surface area contributed by atoms with Crippen LogP contribution in [0.5, 0.6) is 0 Å². The van der Waals surface area contributed by atoms with Gasteiger partial charge in [0.25, 0.3) is 0 Å². The average molecular weight is 287 g/mol. The number of aliphatic carboxylic acids is 1. The monoisotopic (exact) mass is 287 g/mol. The molecule has 0 amide bonds. The van der Waals surface area contributed by atoms with Crippen LogP contribution in [-0.2, 0) is 14.6 Å². The van der Waals surface area contributed by atoms with Crippen LogP contribution in [0.25, 0.3) is 0 Å². The number of halogens is 1. The second kappa shape index (κ2) is 4.28. The zero-order valence-electron chi connectivity index (χ0n) is 10.2. The highest BCUT2D eigenvalue weighted by Gasteiger charge is 2.73. The lowest BCUT2D eigenvalue weighted by Crippen LogP contribution is -2.40. The molecule has 3 atom stereocenters. The zero-order valence-corrected chi connectivity index (χ0v) is 11.0. The minimum absolute atomic E-state index is 0.199. The first-order valence-corrected chi connectivity index (χ1v) is 7.46. The van der Waals surface area contributed by atoms with E-state index in [1.807, 2.05) is 0 Å². The second-order valence-corrected chi connectivity index (χ2v) is 7.05. The molecular formula is C12H14FNO4S. The number of sulfone groups is 1. The van der Waals surface area contributed by atoms with Crippen LogP contribution in [0, 0.1) is 5.82 Å². The number of benzene rings is 1. The fourth-order valence-electron chi connectivity index (χ4n) is 2.46. The summed E-state index contributed by atoms with van der Waals surface area (Å²) < 4.78 is 37.0. The van der Waals surface area contributed by atoms with Crippen molar-refractivity contribution in [3.8, 4) is 0 Å². The van der Waals surface area contributed by atoms with Crippen molar-refractivity contribution in [1.29, 1.82) is 0 Å². The highest BCUT2D eigenvalue weighted by atomic mass is 32.2. The van der Waals surface area contributed by atoms with Crippen molar-refractivity contribution in [3.05, 3.63) is 35.6 Å². The highest BCUT2D eigenvalue weighted by molar-refractivity contribution is 7.92. The molecule has 0 saturated heterocycles. The van der Waals surface area contributed by atoms with Crippen LogP contribution in [0.3, 0.4) is 0 Å². The van der Waals surface area contributed by atoms with Crippen LogP contribution in [0.1, 0.15) is 18.4 Å². The van der Waals surface area contributed by atoms with Crippen molar-refractivity contribution < 1.29 is 22.7 Å². The lowest BCUT2D eigenvalue weighted by Gasteiger charge is -2.05. The summed E-state index contributed by atoms with van der Waals surface area (Å²) in [6.07, 6.45) is 0. The van der Waals surface area contributed by atoms with E-state index in [1.165, 1.54) is 25.1 Å². The molecule has 0 radical (unpaired) electrons. The van der Waals surface area contributed by atoms with E-state index in [2.05, 4.69) is 0 Å². The van der Waals surface area contributed by atoms with E-state index in [1.54, 1.807) is 0 Å². The van der Waals surface area contributed by atoms with Gasteiger partial charge in [-0.25, -0.2) is 12.8 Å². The van der Waals surface area contributed by atoms with Gasteiger partial charge < -0.3 is 10.8 Å². The second-order valence-electron chi connectivity index (χ2n) is 4.64. The number of nitrogens with two attached hydrogens (primary N) is 1. The summed E-state index contributed by atoms with van der Waals surface area (Å²) in [5, 5.41) is 7.96. The molecule has 3 N–H and O–H groups in total. The van der Waals surface area contributed by atoms with Crippen LogP contribution in [-0.4, -0.2) is 36.0 Å². The first kappa shape index (κ1) is 14.0. The lowest BCUT2D eigenvalue weighted by atomic mass is 10.1. The van der Waals surface area contributed by atoms with Crippen LogP contribution in [0.4, 0.5) is 4.39 Å². The molecular weight excluding hydrogens is 273 g/mol. The summed E-state index contributed by atoms with van der Waals surface area (Å²) >= 11 is 0. The standard InChI is InChI=1S/C12H14FNO4S/c1-2-19(17,18)10-9(12(10,14)11(15)16)7-4-3-5-8(13)6-7/h3-6,9-10H,2,14H2,1H3,(H,15,16)/t9-,10-,12+/m1/s1. The SMILES string of the molecule is CCS(=O)(=O)[C@@H]1[C@@H](c2cccc(F)c2)[C@@]1(N)C(=O)O. The third-order valence-corrected chi connectivity index (χ3v) is 5.79. The lowest BCUT2D eigenvalue weighted by molar-refractivity contribution is -0.139. The van der Waals surface area contributed by atoms with E-state index in [4.69, 9.17) is 10.8 Å². The van der Waals surface area contributed by atoms with Gasteiger partial charge in [0.1, 0.15) is 11.4 Å². The van der Waals surface area contributed by atoms with Gasteiger partial charge in [-0.2, -0.15) is 0 Å². The molecule has 0 unspecified atom stereocenters. The Morgan fingerprint density at radius 1 is 1.53 bits per heavy atom. The van der Waals surface area contributed by atoms with Crippen LogP contribution in [0.15, 0.2) is 24.3 Å². The van der Waals surface area contributed by atoms with E-state index in [0.29, 0.717) is 5.56 Å². The van der Waals surface area contributed by atoms with Crippen molar-refractivity contribution in [2.24, 2.45) is 5.73 Å².